The molecule has 4 rings (SSSR count). The number of hydrogen-bond acceptors (Lipinski definition) is 6. The highest BCUT2D eigenvalue weighted by Gasteiger charge is 2.24. The lowest BCUT2D eigenvalue weighted by Crippen LogP contribution is -2.41. The monoisotopic (exact) mass is 392 g/mol. The van der Waals surface area contributed by atoms with E-state index in [9.17, 15) is 9.65 Å². The van der Waals surface area contributed by atoms with E-state index in [1.807, 2.05) is 24.3 Å². The smallest absolute Gasteiger partial charge is 0.233 e. The second kappa shape index (κ2) is 8.86. The van der Waals surface area contributed by atoms with Crippen molar-refractivity contribution in [2.45, 2.75) is 6.04 Å². The van der Waals surface area contributed by atoms with Crippen molar-refractivity contribution >= 4 is 5.88 Å². The number of oxazole rings is 1. The Morgan fingerprint density at radius 1 is 1.10 bits per heavy atom. The number of nitriles is 1. The highest BCUT2D eigenvalue weighted by molar-refractivity contribution is 5.59. The lowest BCUT2D eigenvalue weighted by atomic mass is 10.0. The second-order valence-corrected chi connectivity index (χ2v) is 6.74. The molecule has 148 valence electrons. The highest BCUT2D eigenvalue weighted by atomic mass is 19.1. The summed E-state index contributed by atoms with van der Waals surface area (Å²) in [5.41, 5.74) is 1.50. The minimum Gasteiger partial charge on any atom is -0.419 e. The van der Waals surface area contributed by atoms with Crippen molar-refractivity contribution in [3.63, 3.8) is 0 Å². The number of anilines is 1. The number of morpholine rings is 1. The fraction of sp³-hybridized carbons (Fsp3) is 0.273. The normalized spacial score (nSPS) is 15.6. The maximum atomic E-state index is 14.1. The van der Waals surface area contributed by atoms with Crippen LogP contribution in [-0.2, 0) is 4.74 Å². The lowest BCUT2D eigenvalue weighted by Gasteiger charge is -2.34. The third-order valence-electron chi connectivity index (χ3n) is 4.96. The molecule has 1 N–H and O–H groups in total. The molecule has 0 unspecified atom stereocenters. The van der Waals surface area contributed by atoms with E-state index in [-0.39, 0.29) is 29.1 Å². The van der Waals surface area contributed by atoms with Crippen molar-refractivity contribution in [2.24, 2.45) is 0 Å². The van der Waals surface area contributed by atoms with Gasteiger partial charge in [-0.1, -0.05) is 42.5 Å². The van der Waals surface area contributed by atoms with Gasteiger partial charge in [0.2, 0.25) is 17.5 Å². The van der Waals surface area contributed by atoms with Gasteiger partial charge in [-0.3, -0.25) is 4.90 Å². The number of nitrogens with zero attached hydrogens (tertiary/aromatic N) is 3. The molecule has 2 heterocycles. The van der Waals surface area contributed by atoms with Crippen LogP contribution >= 0.6 is 0 Å². The first-order chi connectivity index (χ1) is 14.3. The fourth-order valence-corrected chi connectivity index (χ4v) is 3.48. The van der Waals surface area contributed by atoms with Crippen LogP contribution in [0, 0.1) is 17.1 Å². The molecule has 1 atom stereocenters. The SMILES string of the molecule is N#Cc1nc(-c2ccccc2F)oc1NC[C@@H](c1ccccc1)N1CCOCC1. The van der Waals surface area contributed by atoms with Gasteiger partial charge in [0.25, 0.3) is 0 Å². The van der Waals surface area contributed by atoms with Crippen LogP contribution in [0.1, 0.15) is 17.3 Å². The van der Waals surface area contributed by atoms with Gasteiger partial charge in [-0.25, -0.2) is 4.39 Å². The molecule has 3 aromatic rings. The fourth-order valence-electron chi connectivity index (χ4n) is 3.48. The summed E-state index contributed by atoms with van der Waals surface area (Å²) in [6.07, 6.45) is 0. The van der Waals surface area contributed by atoms with Gasteiger partial charge in [0.1, 0.15) is 11.9 Å². The van der Waals surface area contributed by atoms with Gasteiger partial charge in [-0.15, -0.1) is 0 Å². The average Bonchev–Trinajstić information content (AvgIpc) is 3.19. The summed E-state index contributed by atoms with van der Waals surface area (Å²) in [7, 11) is 0. The minimum absolute atomic E-state index is 0.0775. The van der Waals surface area contributed by atoms with E-state index >= 15 is 0 Å². The Bertz CT molecular complexity index is 994. The summed E-state index contributed by atoms with van der Waals surface area (Å²) in [4.78, 5) is 6.50. The first-order valence-corrected chi connectivity index (χ1v) is 9.52. The molecule has 1 aliphatic heterocycles. The van der Waals surface area contributed by atoms with E-state index in [0.717, 1.165) is 18.7 Å². The molecule has 1 aliphatic rings. The van der Waals surface area contributed by atoms with Crippen LogP contribution in [0.2, 0.25) is 0 Å². The molecule has 1 fully saturated rings. The first kappa shape index (κ1) is 19.1. The topological polar surface area (TPSA) is 74.3 Å². The van der Waals surface area contributed by atoms with Crippen molar-refractivity contribution in [1.29, 1.82) is 5.26 Å². The van der Waals surface area contributed by atoms with Crippen molar-refractivity contribution in [3.8, 4) is 17.5 Å². The molecule has 1 saturated heterocycles. The van der Waals surface area contributed by atoms with Crippen molar-refractivity contribution < 1.29 is 13.5 Å². The number of benzene rings is 2. The third kappa shape index (κ3) is 4.29. The zero-order chi connectivity index (χ0) is 20.1. The van der Waals surface area contributed by atoms with Crippen molar-refractivity contribution in [3.05, 3.63) is 71.7 Å². The van der Waals surface area contributed by atoms with E-state index in [1.54, 1.807) is 18.2 Å². The first-order valence-electron chi connectivity index (χ1n) is 9.52. The second-order valence-electron chi connectivity index (χ2n) is 6.74. The number of ether oxygens (including phenoxy) is 1. The molecule has 0 aliphatic carbocycles. The zero-order valence-electron chi connectivity index (χ0n) is 15.8. The maximum absolute atomic E-state index is 14.1. The summed E-state index contributed by atoms with van der Waals surface area (Å²) in [6.45, 7) is 3.54. The largest absolute Gasteiger partial charge is 0.419 e. The molecule has 0 radical (unpaired) electrons. The van der Waals surface area contributed by atoms with Gasteiger partial charge < -0.3 is 14.5 Å². The Hall–Kier alpha value is -3.21. The molecule has 0 amide bonds. The van der Waals surface area contributed by atoms with E-state index in [4.69, 9.17) is 9.15 Å². The van der Waals surface area contributed by atoms with Crippen molar-refractivity contribution in [2.75, 3.05) is 38.2 Å². The van der Waals surface area contributed by atoms with Gasteiger partial charge >= 0.3 is 0 Å². The summed E-state index contributed by atoms with van der Waals surface area (Å²) in [5.74, 6) is -0.106. The number of aromatic nitrogens is 1. The van der Waals surface area contributed by atoms with Gasteiger partial charge in [0.05, 0.1) is 24.8 Å². The van der Waals surface area contributed by atoms with Crippen LogP contribution in [0.5, 0.6) is 0 Å². The molecular formula is C22H21FN4O2. The maximum Gasteiger partial charge on any atom is 0.233 e. The molecule has 1 aromatic heterocycles. The van der Waals surface area contributed by atoms with Crippen molar-refractivity contribution in [1.82, 2.24) is 9.88 Å². The Labute approximate surface area is 168 Å². The van der Waals surface area contributed by atoms with Gasteiger partial charge in [-0.2, -0.15) is 10.2 Å². The van der Waals surface area contributed by atoms with E-state index in [1.165, 1.54) is 6.07 Å². The summed E-state index contributed by atoms with van der Waals surface area (Å²) in [5, 5.41) is 12.7. The Kier molecular flexibility index (Phi) is 5.84. The number of nitrogens with one attached hydrogen (secondary N) is 1. The van der Waals surface area contributed by atoms with Crippen LogP contribution in [0.15, 0.2) is 59.0 Å². The van der Waals surface area contributed by atoms with Crippen LogP contribution < -0.4 is 5.32 Å². The predicted octanol–water partition coefficient (Wildman–Crippen LogP) is 3.84. The Morgan fingerprint density at radius 3 is 2.55 bits per heavy atom. The molecule has 2 aromatic carbocycles. The number of halogens is 1. The molecule has 6 nitrogen and oxygen atoms in total. The van der Waals surface area contributed by atoms with Gasteiger partial charge in [-0.05, 0) is 17.7 Å². The van der Waals surface area contributed by atoms with Crippen LogP contribution in [0.25, 0.3) is 11.5 Å². The summed E-state index contributed by atoms with van der Waals surface area (Å²) in [6, 6.07) is 18.5. The molecule has 0 saturated carbocycles. The predicted molar refractivity (Wildman–Crippen MR) is 107 cm³/mol. The Balaban J connectivity index is 1.57. The number of rotatable bonds is 6. The van der Waals surface area contributed by atoms with E-state index < -0.39 is 5.82 Å². The molecule has 29 heavy (non-hydrogen) atoms. The van der Waals surface area contributed by atoms with Crippen LogP contribution in [-0.4, -0.2) is 42.7 Å². The van der Waals surface area contributed by atoms with Gasteiger partial charge in [0.15, 0.2) is 0 Å². The summed E-state index contributed by atoms with van der Waals surface area (Å²) < 4.78 is 25.3. The Morgan fingerprint density at radius 2 is 1.83 bits per heavy atom. The summed E-state index contributed by atoms with van der Waals surface area (Å²) >= 11 is 0. The van der Waals surface area contributed by atoms with E-state index in [2.05, 4.69) is 27.3 Å². The molecule has 0 spiro atoms. The van der Waals surface area contributed by atoms with Crippen LogP contribution in [0.4, 0.5) is 10.3 Å². The molecule has 0 bridgehead atoms. The standard InChI is InChI=1S/C22H21FN4O2/c23-18-9-5-4-8-17(18)21-26-19(14-24)22(29-21)25-15-20(16-6-2-1-3-7-16)27-10-12-28-13-11-27/h1-9,20,25H,10-13,15H2/t20-/m0/s1. The average molecular weight is 392 g/mol. The van der Waals surface area contributed by atoms with E-state index in [0.29, 0.717) is 19.8 Å². The lowest BCUT2D eigenvalue weighted by molar-refractivity contribution is 0.0186. The highest BCUT2D eigenvalue weighted by Crippen LogP contribution is 2.29. The third-order valence-corrected chi connectivity index (χ3v) is 4.96. The number of hydrogen-bond donors (Lipinski definition) is 1. The molecular weight excluding hydrogens is 371 g/mol. The minimum atomic E-state index is -0.444. The van der Waals surface area contributed by atoms with Crippen LogP contribution in [0.3, 0.4) is 0 Å². The zero-order valence-corrected chi connectivity index (χ0v) is 15.8. The van der Waals surface area contributed by atoms with Gasteiger partial charge in [0, 0.05) is 19.6 Å². The quantitative estimate of drug-likeness (QED) is 0.687. The molecule has 7 heteroatoms.